The Balaban J connectivity index is 1.81. The molecule has 0 aliphatic rings. The summed E-state index contributed by atoms with van der Waals surface area (Å²) in [6.07, 6.45) is 1.81. The molecular weight excluding hydrogens is 336 g/mol. The summed E-state index contributed by atoms with van der Waals surface area (Å²) in [6.45, 7) is 0.472. The van der Waals surface area contributed by atoms with Crippen molar-refractivity contribution in [3.8, 4) is 11.5 Å². The average molecular weight is 360 g/mol. The molecule has 27 heavy (non-hydrogen) atoms. The maximum absolute atomic E-state index is 6.06. The van der Waals surface area contributed by atoms with Gasteiger partial charge in [0.05, 0.1) is 12.8 Å². The first-order valence-electron chi connectivity index (χ1n) is 8.82. The lowest BCUT2D eigenvalue weighted by Gasteiger charge is -2.13. The fraction of sp³-hybridized carbons (Fsp3) is 0.174. The van der Waals surface area contributed by atoms with E-state index in [2.05, 4.69) is 9.89 Å². The summed E-state index contributed by atoms with van der Waals surface area (Å²) in [4.78, 5) is 6.65. The first kappa shape index (κ1) is 18.5. The fourth-order valence-corrected chi connectivity index (χ4v) is 2.66. The molecule has 138 valence electrons. The highest BCUT2D eigenvalue weighted by Gasteiger charge is 2.09. The van der Waals surface area contributed by atoms with E-state index in [-0.39, 0.29) is 0 Å². The van der Waals surface area contributed by atoms with E-state index in [4.69, 9.17) is 9.47 Å². The van der Waals surface area contributed by atoms with E-state index in [0.29, 0.717) is 18.1 Å². The topological polar surface area (TPSA) is 34.1 Å². The van der Waals surface area contributed by atoms with E-state index in [1.165, 1.54) is 0 Å². The molecule has 0 aliphatic heterocycles. The molecule has 0 saturated carbocycles. The average Bonchev–Trinajstić information content (AvgIpc) is 2.71. The molecule has 0 fully saturated rings. The molecule has 0 amide bonds. The van der Waals surface area contributed by atoms with Crippen LogP contribution >= 0.6 is 0 Å². The molecule has 4 heteroatoms. The van der Waals surface area contributed by atoms with E-state index >= 15 is 0 Å². The lowest BCUT2D eigenvalue weighted by molar-refractivity contribution is 0.284. The number of hydrogen-bond donors (Lipinski definition) is 0. The number of nitrogens with zero attached hydrogens (tertiary/aromatic N) is 2. The Morgan fingerprint density at radius 1 is 0.889 bits per heavy atom. The molecule has 0 radical (unpaired) electrons. The highest BCUT2D eigenvalue weighted by atomic mass is 16.5. The first-order valence-corrected chi connectivity index (χ1v) is 8.82. The lowest BCUT2D eigenvalue weighted by atomic mass is 10.2. The van der Waals surface area contributed by atoms with Crippen molar-refractivity contribution in [1.82, 2.24) is 0 Å². The van der Waals surface area contributed by atoms with E-state index in [0.717, 1.165) is 22.5 Å². The van der Waals surface area contributed by atoms with Crippen LogP contribution in [0.25, 0.3) is 0 Å². The van der Waals surface area contributed by atoms with Gasteiger partial charge in [-0.05, 0) is 42.0 Å². The van der Waals surface area contributed by atoms with Gasteiger partial charge in [-0.2, -0.15) is 0 Å². The van der Waals surface area contributed by atoms with Gasteiger partial charge < -0.3 is 14.4 Å². The van der Waals surface area contributed by atoms with Crippen molar-refractivity contribution < 1.29 is 9.47 Å². The third kappa shape index (κ3) is 4.88. The van der Waals surface area contributed by atoms with E-state index in [1.807, 2.05) is 93.1 Å². The van der Waals surface area contributed by atoms with E-state index < -0.39 is 0 Å². The Bertz CT molecular complexity index is 888. The summed E-state index contributed by atoms with van der Waals surface area (Å²) in [5.74, 6) is 1.38. The standard InChI is InChI=1S/C23H24N2O2/c1-25(2)21-14-12-20(13-15-21)24-16-19-10-7-11-22(26-3)23(19)27-17-18-8-5-4-6-9-18/h4-16H,17H2,1-3H3/b24-16-. The molecule has 0 aliphatic carbocycles. The largest absolute Gasteiger partial charge is 0.493 e. The van der Waals surface area contributed by atoms with Crippen molar-refractivity contribution >= 4 is 17.6 Å². The Hall–Kier alpha value is -3.27. The van der Waals surface area contributed by atoms with Crippen molar-refractivity contribution in [2.24, 2.45) is 4.99 Å². The van der Waals surface area contributed by atoms with Gasteiger partial charge in [-0.25, -0.2) is 0 Å². The van der Waals surface area contributed by atoms with Crippen molar-refractivity contribution in [1.29, 1.82) is 0 Å². The molecule has 0 saturated heterocycles. The van der Waals surface area contributed by atoms with Crippen LogP contribution in [-0.2, 0) is 6.61 Å². The summed E-state index contributed by atoms with van der Waals surface area (Å²) in [5.41, 5.74) is 4.01. The van der Waals surface area contributed by atoms with Gasteiger partial charge in [0.2, 0.25) is 0 Å². The van der Waals surface area contributed by atoms with Crippen molar-refractivity contribution in [2.75, 3.05) is 26.1 Å². The van der Waals surface area contributed by atoms with Crippen LogP contribution in [0.1, 0.15) is 11.1 Å². The number of aliphatic imine (C=N–C) groups is 1. The minimum Gasteiger partial charge on any atom is -0.493 e. The highest BCUT2D eigenvalue weighted by molar-refractivity contribution is 5.87. The molecule has 3 aromatic rings. The Kier molecular flexibility index (Phi) is 6.10. The number of hydrogen-bond acceptors (Lipinski definition) is 4. The van der Waals surface area contributed by atoms with Crippen LogP contribution in [-0.4, -0.2) is 27.4 Å². The molecule has 0 aromatic heterocycles. The van der Waals surface area contributed by atoms with E-state index in [1.54, 1.807) is 7.11 Å². The van der Waals surface area contributed by atoms with Crippen LogP contribution in [0.3, 0.4) is 0 Å². The van der Waals surface area contributed by atoms with Crippen molar-refractivity contribution in [2.45, 2.75) is 6.61 Å². The minimum atomic E-state index is 0.472. The van der Waals surface area contributed by atoms with Gasteiger partial charge >= 0.3 is 0 Å². The zero-order valence-electron chi connectivity index (χ0n) is 15.9. The number of methoxy groups -OCH3 is 1. The van der Waals surface area contributed by atoms with Gasteiger partial charge in [-0.1, -0.05) is 36.4 Å². The van der Waals surface area contributed by atoms with Gasteiger partial charge in [0.15, 0.2) is 11.5 Å². The number of anilines is 1. The van der Waals surface area contributed by atoms with Crippen molar-refractivity contribution in [3.63, 3.8) is 0 Å². The zero-order valence-corrected chi connectivity index (χ0v) is 15.9. The fourth-order valence-electron chi connectivity index (χ4n) is 2.66. The van der Waals surface area contributed by atoms with E-state index in [9.17, 15) is 0 Å². The molecule has 0 N–H and O–H groups in total. The molecule has 3 rings (SSSR count). The second-order valence-electron chi connectivity index (χ2n) is 6.32. The SMILES string of the molecule is COc1cccc(/C=N\c2ccc(N(C)C)cc2)c1OCc1ccccc1. The Morgan fingerprint density at radius 3 is 2.30 bits per heavy atom. The molecule has 0 unspecified atom stereocenters. The maximum atomic E-state index is 6.06. The lowest BCUT2D eigenvalue weighted by Crippen LogP contribution is -2.07. The summed E-state index contributed by atoms with van der Waals surface area (Å²) in [6, 6.07) is 24.0. The predicted molar refractivity (Wildman–Crippen MR) is 112 cm³/mol. The van der Waals surface area contributed by atoms with Crippen LogP contribution in [0, 0.1) is 0 Å². The molecule has 4 nitrogen and oxygen atoms in total. The molecule has 0 spiro atoms. The second-order valence-corrected chi connectivity index (χ2v) is 6.32. The summed E-state index contributed by atoms with van der Waals surface area (Å²) in [5, 5.41) is 0. The smallest absolute Gasteiger partial charge is 0.170 e. The van der Waals surface area contributed by atoms with Gasteiger partial charge in [0, 0.05) is 31.6 Å². The van der Waals surface area contributed by atoms with Crippen LogP contribution in [0.5, 0.6) is 11.5 Å². The normalized spacial score (nSPS) is 10.8. The van der Waals surface area contributed by atoms with Crippen LogP contribution in [0.15, 0.2) is 77.8 Å². The second kappa shape index (κ2) is 8.90. The summed E-state index contributed by atoms with van der Waals surface area (Å²) in [7, 11) is 5.68. The molecule has 0 atom stereocenters. The third-order valence-corrected chi connectivity index (χ3v) is 4.17. The number of rotatable bonds is 7. The number of ether oxygens (including phenoxy) is 2. The van der Waals surface area contributed by atoms with Crippen LogP contribution in [0.2, 0.25) is 0 Å². The van der Waals surface area contributed by atoms with Crippen molar-refractivity contribution in [3.05, 3.63) is 83.9 Å². The predicted octanol–water partition coefficient (Wildman–Crippen LogP) is 5.09. The van der Waals surface area contributed by atoms with Crippen LogP contribution in [0.4, 0.5) is 11.4 Å². The number of benzene rings is 3. The highest BCUT2D eigenvalue weighted by Crippen LogP contribution is 2.31. The first-order chi connectivity index (χ1) is 13.2. The van der Waals surface area contributed by atoms with Gasteiger partial charge in [0.25, 0.3) is 0 Å². The molecular formula is C23H24N2O2. The third-order valence-electron chi connectivity index (χ3n) is 4.17. The van der Waals surface area contributed by atoms with Gasteiger partial charge in [-0.15, -0.1) is 0 Å². The molecule has 3 aromatic carbocycles. The summed E-state index contributed by atoms with van der Waals surface area (Å²) >= 11 is 0. The Labute approximate surface area is 160 Å². The summed E-state index contributed by atoms with van der Waals surface area (Å²) < 4.78 is 11.5. The maximum Gasteiger partial charge on any atom is 0.170 e. The Morgan fingerprint density at radius 2 is 1.63 bits per heavy atom. The monoisotopic (exact) mass is 360 g/mol. The van der Waals surface area contributed by atoms with Gasteiger partial charge in [0.1, 0.15) is 6.61 Å². The minimum absolute atomic E-state index is 0.472. The molecule has 0 heterocycles. The van der Waals surface area contributed by atoms with Gasteiger partial charge in [-0.3, -0.25) is 4.99 Å². The quantitative estimate of drug-likeness (QED) is 0.550. The van der Waals surface area contributed by atoms with Crippen LogP contribution < -0.4 is 14.4 Å². The number of para-hydroxylation sites is 1. The molecule has 0 bridgehead atoms. The zero-order chi connectivity index (χ0) is 19.1.